The molecule has 26 heavy (non-hydrogen) atoms. The molecule has 1 N–H and O–H groups in total. The van der Waals surface area contributed by atoms with E-state index in [1.54, 1.807) is 0 Å². The highest BCUT2D eigenvalue weighted by Crippen LogP contribution is 2.28. The molecule has 7 heteroatoms. The molecule has 2 heterocycles. The zero-order valence-electron chi connectivity index (χ0n) is 15.1. The van der Waals surface area contributed by atoms with E-state index in [4.69, 9.17) is 0 Å². The Morgan fingerprint density at radius 1 is 1.19 bits per heavy atom. The minimum atomic E-state index is -3.11. The largest absolute Gasteiger partial charge is 0.291 e. The first-order valence-electron chi connectivity index (χ1n) is 9.30. The van der Waals surface area contributed by atoms with Gasteiger partial charge in [0.2, 0.25) is 10.0 Å². The van der Waals surface area contributed by atoms with Crippen molar-refractivity contribution in [2.45, 2.75) is 50.6 Å². The summed E-state index contributed by atoms with van der Waals surface area (Å²) in [4.78, 5) is 2.42. The van der Waals surface area contributed by atoms with Gasteiger partial charge in [-0.15, -0.1) is 0 Å². The van der Waals surface area contributed by atoms with Crippen LogP contribution >= 0.6 is 0 Å². The summed E-state index contributed by atoms with van der Waals surface area (Å²) in [5, 5.41) is 4.31. The van der Waals surface area contributed by atoms with Crippen molar-refractivity contribution >= 4 is 10.0 Å². The Morgan fingerprint density at radius 2 is 1.96 bits per heavy atom. The van der Waals surface area contributed by atoms with Gasteiger partial charge in [-0.3, -0.25) is 9.58 Å². The van der Waals surface area contributed by atoms with Crippen molar-refractivity contribution in [3.05, 3.63) is 53.3 Å². The van der Waals surface area contributed by atoms with Crippen molar-refractivity contribution < 1.29 is 8.42 Å². The number of aromatic nitrogens is 2. The molecule has 1 aromatic carbocycles. The molecule has 0 spiro atoms. The third-order valence-corrected chi connectivity index (χ3v) is 7.18. The van der Waals surface area contributed by atoms with Crippen LogP contribution in [0.15, 0.2) is 36.5 Å². The average Bonchev–Trinajstić information content (AvgIpc) is 3.37. The van der Waals surface area contributed by atoms with Crippen LogP contribution in [0.3, 0.4) is 0 Å². The van der Waals surface area contributed by atoms with Gasteiger partial charge in [0.25, 0.3) is 0 Å². The van der Waals surface area contributed by atoms with Gasteiger partial charge in [0, 0.05) is 32.4 Å². The number of hydrogen-bond acceptors (Lipinski definition) is 4. The zero-order chi connectivity index (χ0) is 18.1. The first-order valence-corrected chi connectivity index (χ1v) is 10.8. The van der Waals surface area contributed by atoms with Gasteiger partial charge in [-0.2, -0.15) is 5.10 Å². The minimum absolute atomic E-state index is 0.160. The molecule has 2 aliphatic rings. The van der Waals surface area contributed by atoms with Crippen molar-refractivity contribution in [3.63, 3.8) is 0 Å². The molecule has 6 nitrogen and oxygen atoms in total. The van der Waals surface area contributed by atoms with E-state index in [1.807, 2.05) is 6.20 Å². The molecule has 0 amide bonds. The molecular weight excluding hydrogens is 348 g/mol. The lowest BCUT2D eigenvalue weighted by Crippen LogP contribution is -2.39. The summed E-state index contributed by atoms with van der Waals surface area (Å²) in [6.07, 6.45) is 4.19. The predicted molar refractivity (Wildman–Crippen MR) is 101 cm³/mol. The molecule has 4 rings (SSSR count). The van der Waals surface area contributed by atoms with Crippen LogP contribution < -0.4 is 4.72 Å². The van der Waals surface area contributed by atoms with Crippen molar-refractivity contribution in [2.75, 3.05) is 13.1 Å². The van der Waals surface area contributed by atoms with Crippen LogP contribution in [0, 0.1) is 6.92 Å². The lowest BCUT2D eigenvalue weighted by Gasteiger charge is -2.34. The SMILES string of the molecule is Cc1ccc(CN2Cc3ccnn3[C@@H](CCNS(=O)(=O)C3CC3)C2)cc1. The van der Waals surface area contributed by atoms with Gasteiger partial charge < -0.3 is 0 Å². The van der Waals surface area contributed by atoms with Crippen molar-refractivity contribution in [3.8, 4) is 0 Å². The number of rotatable bonds is 7. The van der Waals surface area contributed by atoms with Crippen molar-refractivity contribution in [1.82, 2.24) is 19.4 Å². The topological polar surface area (TPSA) is 67.2 Å². The highest BCUT2D eigenvalue weighted by atomic mass is 32.2. The van der Waals surface area contributed by atoms with E-state index >= 15 is 0 Å². The van der Waals surface area contributed by atoms with Gasteiger partial charge in [0.15, 0.2) is 0 Å². The van der Waals surface area contributed by atoms with E-state index in [1.165, 1.54) is 16.8 Å². The maximum absolute atomic E-state index is 12.0. The zero-order valence-corrected chi connectivity index (χ0v) is 16.0. The van der Waals surface area contributed by atoms with Gasteiger partial charge in [-0.1, -0.05) is 29.8 Å². The number of aryl methyl sites for hydroxylation is 1. The number of hydrogen-bond donors (Lipinski definition) is 1. The summed E-state index contributed by atoms with van der Waals surface area (Å²) in [6, 6.07) is 10.9. The van der Waals surface area contributed by atoms with E-state index in [0.717, 1.165) is 38.9 Å². The van der Waals surface area contributed by atoms with Gasteiger partial charge in [-0.05, 0) is 37.8 Å². The lowest BCUT2D eigenvalue weighted by molar-refractivity contribution is 0.162. The summed E-state index contributed by atoms with van der Waals surface area (Å²) in [6.45, 7) is 5.23. The molecule has 1 fully saturated rings. The summed E-state index contributed by atoms with van der Waals surface area (Å²) < 4.78 is 28.9. The Hall–Kier alpha value is -1.70. The van der Waals surface area contributed by atoms with E-state index in [9.17, 15) is 8.42 Å². The molecule has 140 valence electrons. The van der Waals surface area contributed by atoms with Gasteiger partial charge in [-0.25, -0.2) is 13.1 Å². The molecule has 1 atom stereocenters. The normalized spacial score (nSPS) is 20.9. The maximum atomic E-state index is 12.0. The Labute approximate surface area is 155 Å². The Bertz CT molecular complexity index is 856. The number of nitrogens with zero attached hydrogens (tertiary/aromatic N) is 3. The summed E-state index contributed by atoms with van der Waals surface area (Å²) >= 11 is 0. The first-order chi connectivity index (χ1) is 12.5. The van der Waals surface area contributed by atoms with Crippen LogP contribution in [0.25, 0.3) is 0 Å². The van der Waals surface area contributed by atoms with Gasteiger partial charge in [0.1, 0.15) is 0 Å². The maximum Gasteiger partial charge on any atom is 0.214 e. The molecule has 0 bridgehead atoms. The van der Waals surface area contributed by atoms with Crippen LogP contribution in [0.5, 0.6) is 0 Å². The number of fused-ring (bicyclic) bond motifs is 1. The number of nitrogens with one attached hydrogen (secondary N) is 1. The molecule has 2 aromatic rings. The lowest BCUT2D eigenvalue weighted by atomic mass is 10.1. The first kappa shape index (κ1) is 17.7. The van der Waals surface area contributed by atoms with Crippen molar-refractivity contribution in [1.29, 1.82) is 0 Å². The summed E-state index contributed by atoms with van der Waals surface area (Å²) in [7, 11) is -3.11. The second-order valence-electron chi connectivity index (χ2n) is 7.50. The van der Waals surface area contributed by atoms with Gasteiger partial charge >= 0.3 is 0 Å². The van der Waals surface area contributed by atoms with Gasteiger partial charge in [0.05, 0.1) is 17.0 Å². The number of benzene rings is 1. The van der Waals surface area contributed by atoms with Crippen LogP contribution in [0.4, 0.5) is 0 Å². The van der Waals surface area contributed by atoms with E-state index in [0.29, 0.717) is 6.54 Å². The van der Waals surface area contributed by atoms with E-state index in [2.05, 4.69) is 56.7 Å². The van der Waals surface area contributed by atoms with Crippen LogP contribution in [0.1, 0.15) is 42.1 Å². The monoisotopic (exact) mass is 374 g/mol. The predicted octanol–water partition coefficient (Wildman–Crippen LogP) is 2.22. The Morgan fingerprint density at radius 3 is 2.69 bits per heavy atom. The molecule has 0 radical (unpaired) electrons. The summed E-state index contributed by atoms with van der Waals surface area (Å²) in [5.41, 5.74) is 3.77. The fourth-order valence-electron chi connectivity index (χ4n) is 3.61. The number of sulfonamides is 1. The molecule has 1 saturated carbocycles. The molecular formula is C19H26N4O2S. The van der Waals surface area contributed by atoms with Crippen LogP contribution in [0.2, 0.25) is 0 Å². The molecule has 1 aliphatic carbocycles. The molecule has 1 aromatic heterocycles. The molecule has 0 unspecified atom stereocenters. The molecule has 1 aliphatic heterocycles. The quantitative estimate of drug-likeness (QED) is 0.807. The third kappa shape index (κ3) is 4.00. The second kappa shape index (κ2) is 7.13. The third-order valence-electron chi connectivity index (χ3n) is 5.22. The Balaban J connectivity index is 1.40. The fraction of sp³-hybridized carbons (Fsp3) is 0.526. The summed E-state index contributed by atoms with van der Waals surface area (Å²) in [5.74, 6) is 0. The fourth-order valence-corrected chi connectivity index (χ4v) is 5.01. The highest BCUT2D eigenvalue weighted by Gasteiger charge is 2.35. The van der Waals surface area contributed by atoms with E-state index in [-0.39, 0.29) is 11.3 Å². The smallest absolute Gasteiger partial charge is 0.214 e. The van der Waals surface area contributed by atoms with Crippen molar-refractivity contribution in [2.24, 2.45) is 0 Å². The minimum Gasteiger partial charge on any atom is -0.291 e. The van der Waals surface area contributed by atoms with Crippen LogP contribution in [-0.4, -0.2) is 41.4 Å². The second-order valence-corrected chi connectivity index (χ2v) is 9.55. The Kier molecular flexibility index (Phi) is 4.86. The average molecular weight is 375 g/mol. The molecule has 0 saturated heterocycles. The highest BCUT2D eigenvalue weighted by molar-refractivity contribution is 7.90. The van der Waals surface area contributed by atoms with E-state index < -0.39 is 10.0 Å². The standard InChI is InChI=1S/C19H26N4O2S/c1-15-2-4-16(5-3-15)12-22-13-17-8-10-20-23(17)18(14-22)9-11-21-26(24,25)19-6-7-19/h2-5,8,10,18-19,21H,6-7,9,11-14H2,1H3/t18-/m0/s1. The van der Waals surface area contributed by atoms with Crippen LogP contribution in [-0.2, 0) is 23.1 Å².